The number of aryl methyl sites for hydroxylation is 1. The van der Waals surface area contributed by atoms with E-state index in [1.54, 1.807) is 7.05 Å². The first-order valence-corrected chi connectivity index (χ1v) is 5.42. The Balaban J connectivity index is 2.61. The van der Waals surface area contributed by atoms with Gasteiger partial charge in [-0.15, -0.1) is 0 Å². The molecular formula is C8H12BrF3N4O. The van der Waals surface area contributed by atoms with E-state index < -0.39 is 18.8 Å². The molecule has 9 heteroatoms. The van der Waals surface area contributed by atoms with Crippen molar-refractivity contribution >= 4 is 15.9 Å². The standard InChI is InChI=1S/C8H12BrF3N4O/c1-16-7(5(9)2-14-16)6(15-13)3-17-4-8(10,11)12/h2,6,15H,3-4,13H2,1H3. The number of rotatable bonds is 5. The summed E-state index contributed by atoms with van der Waals surface area (Å²) in [6.07, 6.45) is -2.81. The third-order valence-corrected chi connectivity index (χ3v) is 2.63. The summed E-state index contributed by atoms with van der Waals surface area (Å²) < 4.78 is 42.4. The van der Waals surface area contributed by atoms with Crippen LogP contribution in [0.3, 0.4) is 0 Å². The van der Waals surface area contributed by atoms with E-state index in [0.29, 0.717) is 10.2 Å². The molecule has 0 bridgehead atoms. The van der Waals surface area contributed by atoms with Gasteiger partial charge in [-0.2, -0.15) is 18.3 Å². The Morgan fingerprint density at radius 1 is 1.65 bits per heavy atom. The molecule has 0 aliphatic heterocycles. The van der Waals surface area contributed by atoms with Crippen LogP contribution in [0.25, 0.3) is 0 Å². The smallest absolute Gasteiger partial charge is 0.370 e. The van der Waals surface area contributed by atoms with E-state index in [9.17, 15) is 13.2 Å². The molecule has 0 saturated heterocycles. The monoisotopic (exact) mass is 316 g/mol. The Morgan fingerprint density at radius 2 is 2.29 bits per heavy atom. The predicted octanol–water partition coefficient (Wildman–Crippen LogP) is 1.27. The third-order valence-electron chi connectivity index (χ3n) is 2.02. The van der Waals surface area contributed by atoms with Gasteiger partial charge in [0.1, 0.15) is 6.61 Å². The van der Waals surface area contributed by atoms with Crippen LogP contribution in [0.5, 0.6) is 0 Å². The fourth-order valence-corrected chi connectivity index (χ4v) is 1.94. The Labute approximate surface area is 104 Å². The van der Waals surface area contributed by atoms with Crippen molar-refractivity contribution in [2.45, 2.75) is 12.2 Å². The molecule has 0 saturated carbocycles. The number of nitrogens with two attached hydrogens (primary N) is 1. The van der Waals surface area contributed by atoms with Crippen molar-refractivity contribution in [1.82, 2.24) is 15.2 Å². The van der Waals surface area contributed by atoms with Gasteiger partial charge in [-0.05, 0) is 15.9 Å². The van der Waals surface area contributed by atoms with Crippen molar-refractivity contribution in [2.24, 2.45) is 12.9 Å². The fraction of sp³-hybridized carbons (Fsp3) is 0.625. The van der Waals surface area contributed by atoms with Gasteiger partial charge in [-0.25, -0.2) is 5.43 Å². The lowest BCUT2D eigenvalue weighted by Gasteiger charge is -2.17. The number of nitrogens with zero attached hydrogens (tertiary/aromatic N) is 2. The summed E-state index contributed by atoms with van der Waals surface area (Å²) >= 11 is 3.23. The minimum absolute atomic E-state index is 0.200. The molecule has 1 aromatic rings. The van der Waals surface area contributed by atoms with Crippen molar-refractivity contribution in [1.29, 1.82) is 0 Å². The molecule has 1 rings (SSSR count). The molecule has 5 nitrogen and oxygen atoms in total. The van der Waals surface area contributed by atoms with E-state index in [4.69, 9.17) is 5.84 Å². The number of hydrogen-bond acceptors (Lipinski definition) is 4. The first-order chi connectivity index (χ1) is 7.85. The fourth-order valence-electron chi connectivity index (χ4n) is 1.31. The summed E-state index contributed by atoms with van der Waals surface area (Å²) in [7, 11) is 1.66. The molecule has 1 unspecified atom stereocenters. The van der Waals surface area contributed by atoms with Crippen LogP contribution in [0.4, 0.5) is 13.2 Å². The lowest BCUT2D eigenvalue weighted by molar-refractivity contribution is -0.175. The maximum atomic E-state index is 11.9. The normalized spacial score (nSPS) is 14.0. The van der Waals surface area contributed by atoms with Gasteiger partial charge in [-0.1, -0.05) is 0 Å². The zero-order valence-electron chi connectivity index (χ0n) is 8.96. The van der Waals surface area contributed by atoms with Crippen molar-refractivity contribution in [3.63, 3.8) is 0 Å². The van der Waals surface area contributed by atoms with Gasteiger partial charge in [0.2, 0.25) is 0 Å². The average Bonchev–Trinajstić information content (AvgIpc) is 2.53. The predicted molar refractivity (Wildman–Crippen MR) is 57.8 cm³/mol. The second kappa shape index (κ2) is 5.80. The van der Waals surface area contributed by atoms with Crippen LogP contribution in [0.1, 0.15) is 11.7 Å². The van der Waals surface area contributed by atoms with Gasteiger partial charge < -0.3 is 4.74 Å². The van der Waals surface area contributed by atoms with E-state index in [-0.39, 0.29) is 6.61 Å². The van der Waals surface area contributed by atoms with Crippen LogP contribution in [0.15, 0.2) is 10.7 Å². The number of hydrogen-bond donors (Lipinski definition) is 2. The van der Waals surface area contributed by atoms with E-state index in [0.717, 1.165) is 0 Å². The number of aromatic nitrogens is 2. The lowest BCUT2D eigenvalue weighted by atomic mass is 10.2. The van der Waals surface area contributed by atoms with Gasteiger partial charge in [0.05, 0.1) is 29.0 Å². The molecule has 3 N–H and O–H groups in total. The van der Waals surface area contributed by atoms with E-state index in [2.05, 4.69) is 31.2 Å². The van der Waals surface area contributed by atoms with Gasteiger partial charge in [-0.3, -0.25) is 10.5 Å². The Kier molecular flexibility index (Phi) is 4.92. The molecule has 0 aromatic carbocycles. The first-order valence-electron chi connectivity index (χ1n) is 4.63. The lowest BCUT2D eigenvalue weighted by Crippen LogP contribution is -2.34. The molecule has 0 fully saturated rings. The summed E-state index contributed by atoms with van der Waals surface area (Å²) in [5.41, 5.74) is 3.01. The Bertz CT molecular complexity index is 349. The highest BCUT2D eigenvalue weighted by Gasteiger charge is 2.28. The van der Waals surface area contributed by atoms with Crippen LogP contribution < -0.4 is 11.3 Å². The molecule has 1 aromatic heterocycles. The topological polar surface area (TPSA) is 65.1 Å². The maximum absolute atomic E-state index is 11.9. The van der Waals surface area contributed by atoms with Crippen LogP contribution in [-0.2, 0) is 11.8 Å². The summed E-state index contributed by atoms with van der Waals surface area (Å²) in [5.74, 6) is 5.28. The van der Waals surface area contributed by atoms with Gasteiger partial charge in [0.25, 0.3) is 0 Å². The first kappa shape index (κ1) is 14.4. The molecule has 0 aliphatic carbocycles. The molecular weight excluding hydrogens is 305 g/mol. The average molecular weight is 317 g/mol. The van der Waals surface area contributed by atoms with Crippen molar-refractivity contribution in [2.75, 3.05) is 13.2 Å². The van der Waals surface area contributed by atoms with Crippen LogP contribution in [0.2, 0.25) is 0 Å². The number of halogens is 4. The van der Waals surface area contributed by atoms with Gasteiger partial charge in [0, 0.05) is 7.05 Å². The molecule has 17 heavy (non-hydrogen) atoms. The second-order valence-electron chi connectivity index (χ2n) is 3.35. The molecule has 1 atom stereocenters. The molecule has 98 valence electrons. The highest BCUT2D eigenvalue weighted by molar-refractivity contribution is 9.10. The largest absolute Gasteiger partial charge is 0.411 e. The minimum atomic E-state index is -4.34. The van der Waals surface area contributed by atoms with Crippen molar-refractivity contribution in [3.05, 3.63) is 16.4 Å². The zero-order valence-corrected chi connectivity index (χ0v) is 10.5. The van der Waals surface area contributed by atoms with E-state index in [1.807, 2.05) is 0 Å². The second-order valence-corrected chi connectivity index (χ2v) is 4.21. The van der Waals surface area contributed by atoms with Gasteiger partial charge >= 0.3 is 6.18 Å². The van der Waals surface area contributed by atoms with Gasteiger partial charge in [0.15, 0.2) is 0 Å². The van der Waals surface area contributed by atoms with Crippen molar-refractivity contribution < 1.29 is 17.9 Å². The maximum Gasteiger partial charge on any atom is 0.411 e. The Morgan fingerprint density at radius 3 is 2.71 bits per heavy atom. The van der Waals surface area contributed by atoms with E-state index >= 15 is 0 Å². The number of hydrazine groups is 1. The summed E-state index contributed by atoms with van der Waals surface area (Å²) in [4.78, 5) is 0. The molecule has 1 heterocycles. The highest BCUT2D eigenvalue weighted by atomic mass is 79.9. The highest BCUT2D eigenvalue weighted by Crippen LogP contribution is 2.23. The van der Waals surface area contributed by atoms with Crippen LogP contribution in [-0.4, -0.2) is 29.2 Å². The van der Waals surface area contributed by atoms with Crippen molar-refractivity contribution in [3.8, 4) is 0 Å². The summed E-state index contributed by atoms with van der Waals surface area (Å²) in [6.45, 7) is -1.51. The van der Waals surface area contributed by atoms with Crippen LogP contribution >= 0.6 is 15.9 Å². The number of ether oxygens (including phenoxy) is 1. The molecule has 0 aliphatic rings. The molecule has 0 radical (unpaired) electrons. The zero-order chi connectivity index (χ0) is 13.1. The number of nitrogens with one attached hydrogen (secondary N) is 1. The third kappa shape index (κ3) is 4.26. The molecule has 0 spiro atoms. The van der Waals surface area contributed by atoms with E-state index in [1.165, 1.54) is 10.9 Å². The Hall–Kier alpha value is -0.640. The quantitative estimate of drug-likeness (QED) is 0.634. The SMILES string of the molecule is Cn1ncc(Br)c1C(COCC(F)(F)F)NN. The summed E-state index contributed by atoms with van der Waals surface area (Å²) in [5, 5.41) is 3.94. The number of alkyl halides is 3. The molecule has 0 amide bonds. The minimum Gasteiger partial charge on any atom is -0.370 e. The van der Waals surface area contributed by atoms with Crippen LogP contribution in [0, 0.1) is 0 Å². The summed E-state index contributed by atoms with van der Waals surface area (Å²) in [6, 6.07) is -0.570.